The first-order valence-corrected chi connectivity index (χ1v) is 11.7. The van der Waals surface area contributed by atoms with Crippen molar-refractivity contribution in [3.8, 4) is 17.9 Å². The molecule has 0 saturated carbocycles. The van der Waals surface area contributed by atoms with E-state index < -0.39 is 5.97 Å². The Morgan fingerprint density at radius 2 is 1.81 bits per heavy atom. The smallest absolute Gasteiger partial charge is 0.335 e. The number of carboxylic acid groups (broad SMARTS) is 1. The third kappa shape index (κ3) is 16.0. The van der Waals surface area contributed by atoms with Crippen molar-refractivity contribution in [1.82, 2.24) is 0 Å². The van der Waals surface area contributed by atoms with Crippen molar-refractivity contribution < 1.29 is 19.4 Å². The largest absolute Gasteiger partial charge is 0.478 e. The molecule has 2 aromatic rings. The number of carbonyl (C=O) groups excluding carboxylic acids is 1. The molecule has 0 saturated heterocycles. The number of nitriles is 2. The monoisotopic (exact) mass is 522 g/mol. The van der Waals surface area contributed by atoms with Crippen LogP contribution in [0.5, 0.6) is 5.75 Å². The molecule has 0 radical (unpaired) electrons. The predicted octanol–water partition coefficient (Wildman–Crippen LogP) is 5.98. The highest BCUT2D eigenvalue weighted by molar-refractivity contribution is 9.09. The van der Waals surface area contributed by atoms with Crippen LogP contribution >= 0.6 is 40.3 Å². The van der Waals surface area contributed by atoms with Gasteiger partial charge in [-0.1, -0.05) is 28.1 Å². The molecule has 0 bridgehead atoms. The summed E-state index contributed by atoms with van der Waals surface area (Å²) < 4.78 is 4.73. The van der Waals surface area contributed by atoms with Crippen molar-refractivity contribution in [1.29, 1.82) is 10.5 Å². The predicted molar refractivity (Wildman–Crippen MR) is 128 cm³/mol. The van der Waals surface area contributed by atoms with E-state index in [9.17, 15) is 9.59 Å². The van der Waals surface area contributed by atoms with E-state index >= 15 is 0 Å². The van der Waals surface area contributed by atoms with Crippen molar-refractivity contribution in [3.05, 3.63) is 54.1 Å². The van der Waals surface area contributed by atoms with E-state index in [-0.39, 0.29) is 5.56 Å². The maximum absolute atomic E-state index is 10.3. The second kappa shape index (κ2) is 19.5. The van der Waals surface area contributed by atoms with Crippen molar-refractivity contribution in [2.45, 2.75) is 35.5 Å². The molecule has 2 aromatic carbocycles. The standard InChI is InChI=1S/C11H11NO2S.C7H6O2S.C4H6BrN/c12-6-1-2-7-15-11-5-3-4-10(8-11)14-9-13;8-7(9)5-2-1-3-6(10)4-5;5-3-1-2-4-6/h3-5,8-9H,1-2,7H2;1-4,10H,(H,8,9);1-3H2. The quantitative estimate of drug-likeness (QED) is 0.137. The summed E-state index contributed by atoms with van der Waals surface area (Å²) in [7, 11) is 0. The van der Waals surface area contributed by atoms with Gasteiger partial charge in [-0.15, -0.1) is 24.4 Å². The van der Waals surface area contributed by atoms with E-state index in [1.807, 2.05) is 24.3 Å². The lowest BCUT2D eigenvalue weighted by atomic mass is 10.2. The van der Waals surface area contributed by atoms with Crippen LogP contribution in [0.4, 0.5) is 0 Å². The molecule has 6 nitrogen and oxygen atoms in total. The molecule has 0 aromatic heterocycles. The molecular weight excluding hydrogens is 500 g/mol. The number of carbonyl (C=O) groups is 2. The molecule has 0 aliphatic carbocycles. The summed E-state index contributed by atoms with van der Waals surface area (Å²) in [6.07, 6.45) is 3.10. The maximum Gasteiger partial charge on any atom is 0.335 e. The molecule has 0 unspecified atom stereocenters. The third-order valence-corrected chi connectivity index (χ3v) is 5.13. The highest BCUT2D eigenvalue weighted by Gasteiger charge is 2.00. The zero-order valence-electron chi connectivity index (χ0n) is 16.7. The molecule has 31 heavy (non-hydrogen) atoms. The minimum Gasteiger partial charge on any atom is -0.478 e. The highest BCUT2D eigenvalue weighted by Crippen LogP contribution is 2.23. The van der Waals surface area contributed by atoms with E-state index in [1.54, 1.807) is 30.0 Å². The van der Waals surface area contributed by atoms with Gasteiger partial charge in [0.25, 0.3) is 6.47 Å². The van der Waals surface area contributed by atoms with Crippen LogP contribution in [-0.2, 0) is 4.79 Å². The van der Waals surface area contributed by atoms with Gasteiger partial charge in [-0.05, 0) is 55.0 Å². The van der Waals surface area contributed by atoms with Crippen molar-refractivity contribution in [2.75, 3.05) is 11.1 Å². The number of thiol groups is 1. The summed E-state index contributed by atoms with van der Waals surface area (Å²) in [6.45, 7) is 0.416. The molecule has 0 heterocycles. The molecule has 0 amide bonds. The zero-order valence-corrected chi connectivity index (χ0v) is 20.0. The normalized spacial score (nSPS) is 8.90. The molecule has 0 aliphatic rings. The molecule has 0 fully saturated rings. The SMILES string of the molecule is N#CCCCBr.N#CCCCSc1cccc(OC=O)c1.O=C(O)c1cccc(S)c1. The molecule has 0 atom stereocenters. The number of carboxylic acids is 1. The van der Waals surface area contributed by atoms with Crippen molar-refractivity contribution in [2.24, 2.45) is 0 Å². The van der Waals surface area contributed by atoms with E-state index in [0.29, 0.717) is 30.0 Å². The second-order valence-corrected chi connectivity index (χ2v) is 8.08. The average molecular weight is 523 g/mol. The molecule has 164 valence electrons. The number of unbranched alkanes of at least 4 members (excludes halogenated alkanes) is 2. The molecule has 9 heteroatoms. The van der Waals surface area contributed by atoms with Gasteiger partial charge >= 0.3 is 5.97 Å². The van der Waals surface area contributed by atoms with Gasteiger partial charge in [0.2, 0.25) is 0 Å². The Labute approximate surface area is 200 Å². The lowest BCUT2D eigenvalue weighted by Crippen LogP contribution is -1.94. The van der Waals surface area contributed by atoms with Gasteiger partial charge in [-0.3, -0.25) is 4.79 Å². The number of nitrogens with zero attached hydrogens (tertiary/aromatic N) is 2. The molecule has 0 aliphatic heterocycles. The van der Waals surface area contributed by atoms with Gasteiger partial charge in [0, 0.05) is 28.0 Å². The van der Waals surface area contributed by atoms with Crippen LogP contribution in [-0.4, -0.2) is 28.6 Å². The minimum absolute atomic E-state index is 0.271. The molecule has 1 N–H and O–H groups in total. The molecule has 0 spiro atoms. The number of halogens is 1. The second-order valence-electron chi connectivity index (χ2n) is 5.61. The fourth-order valence-electron chi connectivity index (χ4n) is 1.82. The number of aromatic carboxylic acids is 1. The number of ether oxygens (including phenoxy) is 1. The number of hydrogen-bond donors (Lipinski definition) is 2. The average Bonchev–Trinajstić information content (AvgIpc) is 2.77. The van der Waals surface area contributed by atoms with Crippen LogP contribution in [0.1, 0.15) is 36.0 Å². The van der Waals surface area contributed by atoms with E-state index in [2.05, 4.69) is 34.6 Å². The van der Waals surface area contributed by atoms with E-state index in [1.165, 1.54) is 12.1 Å². The first-order chi connectivity index (χ1) is 15.0. The number of rotatable bonds is 9. The first-order valence-electron chi connectivity index (χ1n) is 9.13. The number of thioether (sulfide) groups is 1. The lowest BCUT2D eigenvalue weighted by molar-refractivity contribution is -0.120. The third-order valence-electron chi connectivity index (χ3n) is 3.21. The minimum atomic E-state index is -0.920. The summed E-state index contributed by atoms with van der Waals surface area (Å²) >= 11 is 8.84. The topological polar surface area (TPSA) is 111 Å². The summed E-state index contributed by atoms with van der Waals surface area (Å²) in [4.78, 5) is 22.2. The van der Waals surface area contributed by atoms with Crippen LogP contribution in [0, 0.1) is 22.7 Å². The highest BCUT2D eigenvalue weighted by atomic mass is 79.9. The maximum atomic E-state index is 10.3. The Hall–Kier alpha value is -2.46. The van der Waals surface area contributed by atoms with Crippen LogP contribution in [0.3, 0.4) is 0 Å². The van der Waals surface area contributed by atoms with Crippen LogP contribution in [0.15, 0.2) is 58.3 Å². The van der Waals surface area contributed by atoms with Gasteiger partial charge in [0.05, 0.1) is 17.7 Å². The molecular formula is C22H23BrN2O4S2. The van der Waals surface area contributed by atoms with Gasteiger partial charge < -0.3 is 9.84 Å². The van der Waals surface area contributed by atoms with Crippen molar-refractivity contribution >= 4 is 52.8 Å². The van der Waals surface area contributed by atoms with Gasteiger partial charge in [0.1, 0.15) is 5.75 Å². The number of alkyl halides is 1. The van der Waals surface area contributed by atoms with Crippen molar-refractivity contribution in [3.63, 3.8) is 0 Å². The fraction of sp³-hybridized carbons (Fsp3) is 0.273. The molecule has 2 rings (SSSR count). The van der Waals surface area contributed by atoms with Gasteiger partial charge in [-0.25, -0.2) is 4.79 Å². The Morgan fingerprint density at radius 3 is 2.32 bits per heavy atom. The first kappa shape index (κ1) is 28.5. The summed E-state index contributed by atoms with van der Waals surface area (Å²) in [5.41, 5.74) is 0.271. The van der Waals surface area contributed by atoms with E-state index in [4.69, 9.17) is 20.4 Å². The van der Waals surface area contributed by atoms with Crippen LogP contribution in [0.25, 0.3) is 0 Å². The lowest BCUT2D eigenvalue weighted by Gasteiger charge is -2.02. The number of benzene rings is 2. The Kier molecular flexibility index (Phi) is 18.0. The summed E-state index contributed by atoms with van der Waals surface area (Å²) in [5, 5.41) is 25.7. The van der Waals surface area contributed by atoms with E-state index in [0.717, 1.165) is 28.8 Å². The van der Waals surface area contributed by atoms with Crippen LogP contribution < -0.4 is 4.74 Å². The number of hydrogen-bond acceptors (Lipinski definition) is 7. The Balaban J connectivity index is 0.000000484. The Morgan fingerprint density at radius 1 is 1.13 bits per heavy atom. The summed E-state index contributed by atoms with van der Waals surface area (Å²) in [5.74, 6) is 0.532. The zero-order chi connectivity index (χ0) is 23.3. The Bertz CT molecular complexity index is 882. The fourth-order valence-corrected chi connectivity index (χ4v) is 3.22. The summed E-state index contributed by atoms with van der Waals surface area (Å²) in [6, 6.07) is 17.9. The van der Waals surface area contributed by atoms with Crippen LogP contribution in [0.2, 0.25) is 0 Å². The van der Waals surface area contributed by atoms with Gasteiger partial charge in [0.15, 0.2) is 0 Å². The van der Waals surface area contributed by atoms with Gasteiger partial charge in [-0.2, -0.15) is 10.5 Å².